The standard InChI is InChI=1S/C6H10O6.Na/c7-1-3(5(9)10)4(2-8)6(11)12;/h3-4,7-8H,1-2H2,(H,9,10)(H,11,12);/q;+1. The third kappa shape index (κ3) is 4.58. The number of rotatable bonds is 5. The van der Waals surface area contributed by atoms with E-state index in [9.17, 15) is 9.59 Å². The summed E-state index contributed by atoms with van der Waals surface area (Å²) in [4.78, 5) is 20.6. The summed E-state index contributed by atoms with van der Waals surface area (Å²) in [5.41, 5.74) is 0. The third-order valence-electron chi connectivity index (χ3n) is 1.51. The molecule has 0 bridgehead atoms. The summed E-state index contributed by atoms with van der Waals surface area (Å²) in [6.07, 6.45) is 0. The first kappa shape index (κ1) is 15.3. The smallest absolute Gasteiger partial charge is 0.481 e. The zero-order valence-corrected chi connectivity index (χ0v) is 9.17. The minimum Gasteiger partial charge on any atom is -0.481 e. The molecular weight excluding hydrogens is 191 g/mol. The molecule has 0 aromatic carbocycles. The van der Waals surface area contributed by atoms with E-state index < -0.39 is 37.0 Å². The van der Waals surface area contributed by atoms with E-state index in [-0.39, 0.29) is 29.6 Å². The summed E-state index contributed by atoms with van der Waals surface area (Å²) in [6.45, 7) is -1.60. The first-order chi connectivity index (χ1) is 5.54. The van der Waals surface area contributed by atoms with E-state index >= 15 is 0 Å². The van der Waals surface area contributed by atoms with Crippen LogP contribution in [0.25, 0.3) is 0 Å². The molecule has 2 atom stereocenters. The van der Waals surface area contributed by atoms with Gasteiger partial charge >= 0.3 is 41.5 Å². The maximum atomic E-state index is 10.3. The molecule has 6 nitrogen and oxygen atoms in total. The van der Waals surface area contributed by atoms with Gasteiger partial charge in [-0.25, -0.2) is 0 Å². The summed E-state index contributed by atoms with van der Waals surface area (Å²) < 4.78 is 0. The first-order valence-electron chi connectivity index (χ1n) is 3.22. The second-order valence-electron chi connectivity index (χ2n) is 2.25. The molecule has 0 radical (unpaired) electrons. The van der Waals surface area contributed by atoms with Gasteiger partial charge in [-0.1, -0.05) is 0 Å². The van der Waals surface area contributed by atoms with Crippen molar-refractivity contribution in [3.8, 4) is 0 Å². The van der Waals surface area contributed by atoms with Gasteiger partial charge in [0.25, 0.3) is 0 Å². The number of carboxylic acid groups (broad SMARTS) is 2. The largest absolute Gasteiger partial charge is 1.00 e. The van der Waals surface area contributed by atoms with Crippen LogP contribution in [-0.2, 0) is 9.59 Å². The number of aliphatic hydroxyl groups is 2. The molecule has 2 unspecified atom stereocenters. The number of hydrogen-bond donors (Lipinski definition) is 4. The molecule has 0 heterocycles. The molecular formula is C6H10NaO6+. The van der Waals surface area contributed by atoms with Crippen molar-refractivity contribution in [2.75, 3.05) is 13.2 Å². The van der Waals surface area contributed by atoms with Gasteiger partial charge in [-0.2, -0.15) is 0 Å². The fourth-order valence-corrected chi connectivity index (χ4v) is 0.755. The van der Waals surface area contributed by atoms with Crippen LogP contribution in [0.2, 0.25) is 0 Å². The second kappa shape index (κ2) is 7.28. The normalized spacial score (nSPS) is 14.0. The molecule has 0 fully saturated rings. The molecule has 0 spiro atoms. The molecule has 4 N–H and O–H groups in total. The molecule has 0 aromatic heterocycles. The van der Waals surface area contributed by atoms with Gasteiger partial charge in [0.2, 0.25) is 0 Å². The summed E-state index contributed by atoms with van der Waals surface area (Å²) in [7, 11) is 0. The van der Waals surface area contributed by atoms with E-state index in [1.54, 1.807) is 0 Å². The van der Waals surface area contributed by atoms with E-state index in [0.29, 0.717) is 0 Å². The molecule has 0 saturated carbocycles. The molecule has 0 aliphatic heterocycles. The van der Waals surface area contributed by atoms with Crippen LogP contribution in [0.1, 0.15) is 0 Å². The van der Waals surface area contributed by atoms with Crippen LogP contribution in [-0.4, -0.2) is 45.6 Å². The Balaban J connectivity index is 0. The summed E-state index contributed by atoms with van der Waals surface area (Å²) in [5, 5.41) is 33.8. The monoisotopic (exact) mass is 201 g/mol. The first-order valence-corrected chi connectivity index (χ1v) is 3.22. The van der Waals surface area contributed by atoms with Gasteiger partial charge in [-0.3, -0.25) is 9.59 Å². The summed E-state index contributed by atoms with van der Waals surface area (Å²) in [6, 6.07) is 0. The Kier molecular flexibility index (Phi) is 8.59. The predicted molar refractivity (Wildman–Crippen MR) is 36.4 cm³/mol. The van der Waals surface area contributed by atoms with Crippen molar-refractivity contribution in [1.82, 2.24) is 0 Å². The van der Waals surface area contributed by atoms with Crippen LogP contribution < -0.4 is 29.6 Å². The minimum atomic E-state index is -1.45. The average Bonchev–Trinajstić information content (AvgIpc) is 1.98. The molecule has 0 aliphatic rings. The van der Waals surface area contributed by atoms with Gasteiger partial charge in [0, 0.05) is 0 Å². The fourth-order valence-electron chi connectivity index (χ4n) is 0.755. The molecule has 70 valence electrons. The van der Waals surface area contributed by atoms with E-state index in [1.165, 1.54) is 0 Å². The number of carboxylic acids is 2. The second-order valence-corrected chi connectivity index (χ2v) is 2.25. The minimum absolute atomic E-state index is 0. The van der Waals surface area contributed by atoms with Crippen LogP contribution in [0.3, 0.4) is 0 Å². The molecule has 0 saturated heterocycles. The van der Waals surface area contributed by atoms with E-state index in [2.05, 4.69) is 0 Å². The van der Waals surface area contributed by atoms with E-state index in [0.717, 1.165) is 0 Å². The van der Waals surface area contributed by atoms with Crippen LogP contribution >= 0.6 is 0 Å². The maximum Gasteiger partial charge on any atom is 1.00 e. The van der Waals surface area contributed by atoms with Gasteiger partial charge < -0.3 is 20.4 Å². The average molecular weight is 201 g/mol. The van der Waals surface area contributed by atoms with Crippen molar-refractivity contribution < 1.29 is 59.6 Å². The van der Waals surface area contributed by atoms with Crippen LogP contribution in [0.5, 0.6) is 0 Å². The van der Waals surface area contributed by atoms with Crippen LogP contribution in [0, 0.1) is 11.8 Å². The number of carbonyl (C=O) groups is 2. The predicted octanol–water partition coefficient (Wildman–Crippen LogP) is -4.62. The Labute approximate surface area is 96.5 Å². The number of hydrogen-bond acceptors (Lipinski definition) is 4. The van der Waals surface area contributed by atoms with Crippen LogP contribution in [0.4, 0.5) is 0 Å². The van der Waals surface area contributed by atoms with Crippen molar-refractivity contribution in [3.05, 3.63) is 0 Å². The Hall–Kier alpha value is -0.140. The summed E-state index contributed by atoms with van der Waals surface area (Å²) in [5.74, 6) is -5.77. The molecule has 13 heavy (non-hydrogen) atoms. The quantitative estimate of drug-likeness (QED) is 0.332. The van der Waals surface area contributed by atoms with Gasteiger partial charge in [0.05, 0.1) is 25.0 Å². The van der Waals surface area contributed by atoms with E-state index in [4.69, 9.17) is 20.4 Å². The molecule has 0 aromatic rings. The molecule has 0 amide bonds. The molecule has 0 rings (SSSR count). The van der Waals surface area contributed by atoms with Gasteiger partial charge in [-0.15, -0.1) is 0 Å². The number of aliphatic hydroxyl groups excluding tert-OH is 2. The topological polar surface area (TPSA) is 115 Å². The van der Waals surface area contributed by atoms with E-state index in [1.807, 2.05) is 0 Å². The Morgan fingerprint density at radius 3 is 1.23 bits per heavy atom. The molecule has 7 heteroatoms. The third-order valence-corrected chi connectivity index (χ3v) is 1.51. The van der Waals surface area contributed by atoms with Crippen molar-refractivity contribution in [2.45, 2.75) is 0 Å². The zero-order valence-electron chi connectivity index (χ0n) is 7.17. The van der Waals surface area contributed by atoms with Crippen molar-refractivity contribution in [1.29, 1.82) is 0 Å². The van der Waals surface area contributed by atoms with Gasteiger partial charge in [0.1, 0.15) is 0 Å². The van der Waals surface area contributed by atoms with Crippen molar-refractivity contribution in [2.24, 2.45) is 11.8 Å². The SMILES string of the molecule is O=C(O)C(CO)C(CO)C(=O)O.[Na+]. The fraction of sp³-hybridized carbons (Fsp3) is 0.667. The Morgan fingerprint density at radius 2 is 1.15 bits per heavy atom. The van der Waals surface area contributed by atoms with Gasteiger partial charge in [-0.05, 0) is 0 Å². The van der Waals surface area contributed by atoms with Crippen molar-refractivity contribution in [3.63, 3.8) is 0 Å². The summed E-state index contributed by atoms with van der Waals surface area (Å²) >= 11 is 0. The Bertz CT molecular complexity index is 162. The molecule has 0 aliphatic carbocycles. The van der Waals surface area contributed by atoms with Crippen LogP contribution in [0.15, 0.2) is 0 Å². The number of aliphatic carboxylic acids is 2. The van der Waals surface area contributed by atoms with Crippen molar-refractivity contribution >= 4 is 11.9 Å². The zero-order chi connectivity index (χ0) is 9.72. The Morgan fingerprint density at radius 1 is 0.923 bits per heavy atom. The van der Waals surface area contributed by atoms with Gasteiger partial charge in [0.15, 0.2) is 0 Å². The maximum absolute atomic E-state index is 10.3.